The summed E-state index contributed by atoms with van der Waals surface area (Å²) in [5.74, 6) is 0. The molecule has 0 saturated heterocycles. The molecule has 0 amide bonds. The summed E-state index contributed by atoms with van der Waals surface area (Å²) in [6.07, 6.45) is 3.29. The quantitative estimate of drug-likeness (QED) is 0.540. The lowest BCUT2D eigenvalue weighted by atomic mass is 10.2. The number of thiazole rings is 1. The normalized spacial score (nSPS) is 10.0. The average Bonchev–Trinajstić information content (AvgIpc) is 2.99. The lowest BCUT2D eigenvalue weighted by Gasteiger charge is -1.97. The van der Waals surface area contributed by atoms with Crippen LogP contribution in [0.1, 0.15) is 0 Å². The number of hydrogen-bond acceptors (Lipinski definition) is 5. The molecule has 0 aliphatic heterocycles. The van der Waals surface area contributed by atoms with E-state index in [9.17, 15) is 4.79 Å². The van der Waals surface area contributed by atoms with Gasteiger partial charge in [-0.3, -0.25) is 4.98 Å². The number of aromatic nitrogens is 2. The molecule has 3 rings (SSSR count). The third-order valence-electron chi connectivity index (χ3n) is 2.70. The van der Waals surface area contributed by atoms with Crippen LogP contribution in [0.2, 0.25) is 0 Å². The van der Waals surface area contributed by atoms with Crippen molar-refractivity contribution in [2.45, 2.75) is 0 Å². The molecule has 0 bridgehead atoms. The molecule has 0 aliphatic carbocycles. The van der Waals surface area contributed by atoms with E-state index in [-0.39, 0.29) is 0 Å². The minimum atomic E-state index is 0.576. The highest BCUT2D eigenvalue weighted by atomic mass is 32.1. The van der Waals surface area contributed by atoms with Crippen molar-refractivity contribution in [2.24, 2.45) is 4.99 Å². The summed E-state index contributed by atoms with van der Waals surface area (Å²) in [5, 5.41) is 2.83. The summed E-state index contributed by atoms with van der Waals surface area (Å²) >= 11 is 1.53. The molecule has 2 heterocycles. The molecule has 0 saturated carbocycles. The Morgan fingerprint density at radius 2 is 2.05 bits per heavy atom. The van der Waals surface area contributed by atoms with Crippen molar-refractivity contribution in [3.05, 3.63) is 54.0 Å². The smallest absolute Gasteiger partial charge is 0.240 e. The summed E-state index contributed by atoms with van der Waals surface area (Å²) < 4.78 is 0. The molecule has 96 valence electrons. The van der Waals surface area contributed by atoms with Crippen LogP contribution in [0, 0.1) is 0 Å². The third kappa shape index (κ3) is 2.54. The van der Waals surface area contributed by atoms with Gasteiger partial charge >= 0.3 is 0 Å². The number of pyridine rings is 1. The number of isocyanates is 1. The Balaban J connectivity index is 1.98. The van der Waals surface area contributed by atoms with Crippen molar-refractivity contribution in [1.29, 1.82) is 0 Å². The Labute approximate surface area is 119 Å². The summed E-state index contributed by atoms with van der Waals surface area (Å²) in [7, 11) is 0. The molecule has 0 radical (unpaired) electrons. The fourth-order valence-corrected chi connectivity index (χ4v) is 2.61. The highest BCUT2D eigenvalue weighted by molar-refractivity contribution is 7.13. The van der Waals surface area contributed by atoms with E-state index in [1.807, 2.05) is 41.8 Å². The summed E-state index contributed by atoms with van der Waals surface area (Å²) in [6.45, 7) is 0. The minimum absolute atomic E-state index is 0.576. The van der Waals surface area contributed by atoms with Gasteiger partial charge in [0.2, 0.25) is 6.08 Å². The van der Waals surface area contributed by atoms with Crippen molar-refractivity contribution < 1.29 is 4.79 Å². The van der Waals surface area contributed by atoms with E-state index in [0.717, 1.165) is 22.0 Å². The van der Waals surface area contributed by atoms with Gasteiger partial charge in [0.15, 0.2) is 0 Å². The summed E-state index contributed by atoms with van der Waals surface area (Å²) in [5.41, 5.74) is 3.19. The Morgan fingerprint density at radius 1 is 1.10 bits per heavy atom. The second kappa shape index (κ2) is 5.57. The van der Waals surface area contributed by atoms with Gasteiger partial charge in [-0.25, -0.2) is 9.78 Å². The number of rotatable bonds is 3. The van der Waals surface area contributed by atoms with E-state index in [1.165, 1.54) is 11.3 Å². The monoisotopic (exact) mass is 279 g/mol. The molecule has 3 aromatic rings. The zero-order valence-electron chi connectivity index (χ0n) is 10.4. The maximum atomic E-state index is 10.3. The Hall–Kier alpha value is -2.62. The molecular weight excluding hydrogens is 270 g/mol. The van der Waals surface area contributed by atoms with Crippen LogP contribution >= 0.6 is 11.3 Å². The first-order valence-electron chi connectivity index (χ1n) is 5.92. The van der Waals surface area contributed by atoms with Gasteiger partial charge in [-0.15, -0.1) is 11.3 Å². The van der Waals surface area contributed by atoms with Gasteiger partial charge in [-0.1, -0.05) is 18.2 Å². The van der Waals surface area contributed by atoms with Gasteiger partial charge in [-0.05, 0) is 24.3 Å². The summed E-state index contributed by atoms with van der Waals surface area (Å²) in [6, 6.07) is 13.1. The predicted molar refractivity (Wildman–Crippen MR) is 78.6 cm³/mol. The standard InChI is InChI=1S/C15H9N3OS/c19-10-17-12-5-3-4-11(8-12)15-18-14(9-20-15)13-6-1-2-7-16-13/h1-9H. The van der Waals surface area contributed by atoms with Gasteiger partial charge < -0.3 is 0 Å². The molecule has 5 heteroatoms. The van der Waals surface area contributed by atoms with Crippen LogP contribution in [0.5, 0.6) is 0 Å². The van der Waals surface area contributed by atoms with Crippen LogP contribution < -0.4 is 0 Å². The second-order valence-electron chi connectivity index (χ2n) is 4.01. The van der Waals surface area contributed by atoms with Gasteiger partial charge in [0.1, 0.15) is 10.7 Å². The molecule has 1 aromatic carbocycles. The largest absolute Gasteiger partial charge is 0.255 e. The zero-order valence-corrected chi connectivity index (χ0v) is 11.2. The van der Waals surface area contributed by atoms with Gasteiger partial charge in [0, 0.05) is 17.1 Å². The van der Waals surface area contributed by atoms with E-state index < -0.39 is 0 Å². The molecular formula is C15H9N3OS. The van der Waals surface area contributed by atoms with Gasteiger partial charge in [-0.2, -0.15) is 4.99 Å². The molecule has 0 fully saturated rings. The number of benzene rings is 1. The fraction of sp³-hybridized carbons (Fsp3) is 0. The lowest BCUT2D eigenvalue weighted by Crippen LogP contribution is -1.82. The highest BCUT2D eigenvalue weighted by Crippen LogP contribution is 2.29. The molecule has 4 nitrogen and oxygen atoms in total. The molecule has 2 aromatic heterocycles. The van der Waals surface area contributed by atoms with Crippen molar-refractivity contribution >= 4 is 23.1 Å². The third-order valence-corrected chi connectivity index (χ3v) is 3.59. The van der Waals surface area contributed by atoms with Crippen LogP contribution in [-0.2, 0) is 4.79 Å². The Kier molecular flexibility index (Phi) is 3.46. The van der Waals surface area contributed by atoms with Gasteiger partial charge in [0.25, 0.3) is 0 Å². The Bertz CT molecular complexity index is 777. The number of nitrogens with zero attached hydrogens (tertiary/aromatic N) is 3. The topological polar surface area (TPSA) is 55.2 Å². The lowest BCUT2D eigenvalue weighted by molar-refractivity contribution is 0.565. The first-order valence-corrected chi connectivity index (χ1v) is 6.80. The van der Waals surface area contributed by atoms with E-state index in [4.69, 9.17) is 0 Å². The van der Waals surface area contributed by atoms with E-state index in [2.05, 4.69) is 15.0 Å². The first-order chi connectivity index (χ1) is 9.86. The first kappa shape index (κ1) is 12.4. The van der Waals surface area contributed by atoms with Crippen LogP contribution in [0.4, 0.5) is 5.69 Å². The van der Waals surface area contributed by atoms with E-state index >= 15 is 0 Å². The van der Waals surface area contributed by atoms with Crippen molar-refractivity contribution in [3.63, 3.8) is 0 Å². The Morgan fingerprint density at radius 3 is 2.85 bits per heavy atom. The number of carbonyl (C=O) groups excluding carboxylic acids is 1. The van der Waals surface area contributed by atoms with Crippen molar-refractivity contribution in [3.8, 4) is 22.0 Å². The van der Waals surface area contributed by atoms with Crippen LogP contribution in [0.25, 0.3) is 22.0 Å². The van der Waals surface area contributed by atoms with Crippen molar-refractivity contribution in [1.82, 2.24) is 9.97 Å². The summed E-state index contributed by atoms with van der Waals surface area (Å²) in [4.78, 5) is 22.8. The fourth-order valence-electron chi connectivity index (χ4n) is 1.80. The molecule has 0 unspecified atom stereocenters. The molecule has 0 atom stereocenters. The highest BCUT2D eigenvalue weighted by Gasteiger charge is 2.07. The maximum absolute atomic E-state index is 10.3. The zero-order chi connectivity index (χ0) is 13.8. The number of aliphatic imine (C=N–C) groups is 1. The van der Waals surface area contributed by atoms with Crippen LogP contribution in [0.3, 0.4) is 0 Å². The average molecular weight is 279 g/mol. The minimum Gasteiger partial charge on any atom is -0.255 e. The predicted octanol–water partition coefficient (Wildman–Crippen LogP) is 3.84. The second-order valence-corrected chi connectivity index (χ2v) is 4.86. The maximum Gasteiger partial charge on any atom is 0.240 e. The SMILES string of the molecule is O=C=Nc1cccc(-c2nc(-c3ccccn3)cs2)c1. The molecule has 0 spiro atoms. The van der Waals surface area contributed by atoms with Gasteiger partial charge in [0.05, 0.1) is 11.4 Å². The van der Waals surface area contributed by atoms with E-state index in [0.29, 0.717) is 5.69 Å². The van der Waals surface area contributed by atoms with Crippen LogP contribution in [-0.4, -0.2) is 16.0 Å². The van der Waals surface area contributed by atoms with Crippen LogP contribution in [0.15, 0.2) is 59.0 Å². The van der Waals surface area contributed by atoms with E-state index in [1.54, 1.807) is 18.3 Å². The number of hydrogen-bond donors (Lipinski definition) is 0. The molecule has 0 N–H and O–H groups in total. The molecule has 20 heavy (non-hydrogen) atoms. The van der Waals surface area contributed by atoms with Crippen molar-refractivity contribution in [2.75, 3.05) is 0 Å². The molecule has 0 aliphatic rings.